The van der Waals surface area contributed by atoms with Gasteiger partial charge in [0.05, 0.1) is 15.6 Å². The number of nitrogens with zero attached hydrogens (tertiary/aromatic N) is 5. The zero-order valence-electron chi connectivity index (χ0n) is 19.8. The molecule has 2 aromatic carbocycles. The predicted molar refractivity (Wildman–Crippen MR) is 142 cm³/mol. The monoisotopic (exact) mass is 519 g/mol. The van der Waals surface area contributed by atoms with Gasteiger partial charge in [-0.25, -0.2) is 9.67 Å². The number of carbonyl (C=O) groups is 1. The normalized spacial score (nSPS) is 14.4. The van der Waals surface area contributed by atoms with Crippen molar-refractivity contribution < 1.29 is 4.79 Å². The minimum atomic E-state index is 0.0204. The number of likely N-dealkylation sites (tertiary alicyclic amines) is 1. The number of amides is 1. The van der Waals surface area contributed by atoms with Gasteiger partial charge in [0.15, 0.2) is 5.82 Å². The molecule has 2 aromatic heterocycles. The molecule has 1 saturated heterocycles. The summed E-state index contributed by atoms with van der Waals surface area (Å²) in [4.78, 5) is 22.0. The van der Waals surface area contributed by atoms with Gasteiger partial charge >= 0.3 is 0 Å². The highest BCUT2D eigenvalue weighted by atomic mass is 35.5. The molecular weight excluding hydrogens is 493 g/mol. The number of hydrogen-bond donors (Lipinski definition) is 0. The maximum absolute atomic E-state index is 13.1. The van der Waals surface area contributed by atoms with Crippen LogP contribution in [0.2, 0.25) is 10.0 Å². The van der Waals surface area contributed by atoms with Gasteiger partial charge in [-0.1, -0.05) is 59.6 Å². The second-order valence-corrected chi connectivity index (χ2v) is 9.83. The van der Waals surface area contributed by atoms with Crippen molar-refractivity contribution in [1.82, 2.24) is 24.6 Å². The first kappa shape index (κ1) is 24.5. The van der Waals surface area contributed by atoms with Gasteiger partial charge < -0.3 is 4.90 Å². The van der Waals surface area contributed by atoms with Crippen LogP contribution >= 0.6 is 23.2 Å². The molecule has 1 aliphatic heterocycles. The molecule has 184 valence electrons. The van der Waals surface area contributed by atoms with Crippen LogP contribution in [0.4, 0.5) is 0 Å². The zero-order valence-corrected chi connectivity index (χ0v) is 21.3. The SMILES string of the molecule is O=C(c1ccc(-n2cccn2)nc1)N1CCC(N(Cc2ccccc2)Cc2ccc(Cl)c(Cl)c2)CC1. The van der Waals surface area contributed by atoms with Crippen LogP contribution < -0.4 is 0 Å². The highest BCUT2D eigenvalue weighted by Crippen LogP contribution is 2.26. The van der Waals surface area contributed by atoms with E-state index in [1.165, 1.54) is 5.56 Å². The van der Waals surface area contributed by atoms with Crippen LogP contribution in [0.15, 0.2) is 85.3 Å². The molecule has 0 spiro atoms. The lowest BCUT2D eigenvalue weighted by atomic mass is 10.0. The molecule has 0 bridgehead atoms. The Morgan fingerprint density at radius 1 is 0.917 bits per heavy atom. The van der Waals surface area contributed by atoms with Gasteiger partial charge in [0.2, 0.25) is 0 Å². The van der Waals surface area contributed by atoms with Gasteiger partial charge in [0, 0.05) is 50.8 Å². The lowest BCUT2D eigenvalue weighted by molar-refractivity contribution is 0.0594. The van der Waals surface area contributed by atoms with Crippen LogP contribution in [-0.4, -0.2) is 49.6 Å². The summed E-state index contributed by atoms with van der Waals surface area (Å²) >= 11 is 12.4. The number of rotatable bonds is 7. The Morgan fingerprint density at radius 2 is 1.69 bits per heavy atom. The molecule has 36 heavy (non-hydrogen) atoms. The summed E-state index contributed by atoms with van der Waals surface area (Å²) in [5.41, 5.74) is 2.99. The van der Waals surface area contributed by atoms with Gasteiger partial charge in [-0.15, -0.1) is 0 Å². The van der Waals surface area contributed by atoms with E-state index in [-0.39, 0.29) is 5.91 Å². The van der Waals surface area contributed by atoms with E-state index in [1.807, 2.05) is 53.6 Å². The number of aromatic nitrogens is 3. The predicted octanol–water partition coefficient (Wildman–Crippen LogP) is 5.88. The molecule has 0 unspecified atom stereocenters. The maximum Gasteiger partial charge on any atom is 0.255 e. The van der Waals surface area contributed by atoms with E-state index in [0.29, 0.717) is 40.6 Å². The van der Waals surface area contributed by atoms with Crippen molar-refractivity contribution in [2.45, 2.75) is 32.0 Å². The summed E-state index contributed by atoms with van der Waals surface area (Å²) in [6.07, 6.45) is 6.97. The van der Waals surface area contributed by atoms with Crippen LogP contribution in [0, 0.1) is 0 Å². The maximum atomic E-state index is 13.1. The molecule has 0 N–H and O–H groups in total. The van der Waals surface area contributed by atoms with Crippen molar-refractivity contribution >= 4 is 29.1 Å². The second kappa shape index (κ2) is 11.2. The summed E-state index contributed by atoms with van der Waals surface area (Å²) in [6, 6.07) is 22.2. The van der Waals surface area contributed by atoms with Gasteiger partial charge in [0.25, 0.3) is 5.91 Å². The largest absolute Gasteiger partial charge is 0.338 e. The van der Waals surface area contributed by atoms with Crippen molar-refractivity contribution in [3.63, 3.8) is 0 Å². The third-order valence-electron chi connectivity index (χ3n) is 6.60. The number of pyridine rings is 1. The van der Waals surface area contributed by atoms with Gasteiger partial charge in [0.1, 0.15) is 0 Å². The fourth-order valence-corrected chi connectivity index (χ4v) is 4.99. The molecule has 0 radical (unpaired) electrons. The molecule has 0 atom stereocenters. The minimum Gasteiger partial charge on any atom is -0.338 e. The number of benzene rings is 2. The van der Waals surface area contributed by atoms with Crippen molar-refractivity contribution in [1.29, 1.82) is 0 Å². The quantitative estimate of drug-likeness (QED) is 0.305. The van der Waals surface area contributed by atoms with E-state index in [9.17, 15) is 4.79 Å². The molecule has 1 aliphatic rings. The highest BCUT2D eigenvalue weighted by molar-refractivity contribution is 6.42. The third-order valence-corrected chi connectivity index (χ3v) is 7.34. The number of halogens is 2. The van der Waals surface area contributed by atoms with Crippen LogP contribution in [-0.2, 0) is 13.1 Å². The Labute approximate surface area is 221 Å². The van der Waals surface area contributed by atoms with Crippen LogP contribution in [0.1, 0.15) is 34.3 Å². The van der Waals surface area contributed by atoms with E-state index in [2.05, 4.69) is 39.2 Å². The van der Waals surface area contributed by atoms with E-state index in [0.717, 1.165) is 31.5 Å². The number of piperidine rings is 1. The molecule has 5 rings (SSSR count). The molecule has 0 saturated carbocycles. The van der Waals surface area contributed by atoms with Crippen molar-refractivity contribution in [3.8, 4) is 5.82 Å². The van der Waals surface area contributed by atoms with E-state index in [1.54, 1.807) is 17.1 Å². The topological polar surface area (TPSA) is 54.3 Å². The first-order valence-corrected chi connectivity index (χ1v) is 12.8. The fourth-order valence-electron chi connectivity index (χ4n) is 4.67. The molecule has 4 aromatic rings. The summed E-state index contributed by atoms with van der Waals surface area (Å²) in [7, 11) is 0. The van der Waals surface area contributed by atoms with E-state index < -0.39 is 0 Å². The van der Waals surface area contributed by atoms with Gasteiger partial charge in [-0.3, -0.25) is 9.69 Å². The van der Waals surface area contributed by atoms with Crippen LogP contribution in [0.5, 0.6) is 0 Å². The highest BCUT2D eigenvalue weighted by Gasteiger charge is 2.28. The summed E-state index contributed by atoms with van der Waals surface area (Å²) in [6.45, 7) is 3.01. The standard InChI is InChI=1S/C28H27Cl2N5O/c29-25-9-7-22(17-26(25)30)20-34(19-21-5-2-1-3-6-21)24-11-15-33(16-12-24)28(36)23-8-10-27(31-18-23)35-14-4-13-32-35/h1-10,13-14,17-18,24H,11-12,15-16,19-20H2. The molecule has 6 nitrogen and oxygen atoms in total. The summed E-state index contributed by atoms with van der Waals surface area (Å²) in [5.74, 6) is 0.709. The molecule has 1 amide bonds. The molecule has 3 heterocycles. The Hall–Kier alpha value is -3.19. The number of carbonyl (C=O) groups excluding carboxylic acids is 1. The molecule has 0 aliphatic carbocycles. The van der Waals surface area contributed by atoms with E-state index in [4.69, 9.17) is 23.2 Å². The Morgan fingerprint density at radius 3 is 2.36 bits per heavy atom. The fraction of sp³-hybridized carbons (Fsp3) is 0.250. The minimum absolute atomic E-state index is 0.0204. The van der Waals surface area contributed by atoms with Crippen LogP contribution in [0.3, 0.4) is 0 Å². The molecule has 1 fully saturated rings. The first-order valence-electron chi connectivity index (χ1n) is 12.0. The number of hydrogen-bond acceptors (Lipinski definition) is 4. The average Bonchev–Trinajstić information content (AvgIpc) is 3.46. The van der Waals surface area contributed by atoms with E-state index >= 15 is 0 Å². The van der Waals surface area contributed by atoms with Crippen LogP contribution in [0.25, 0.3) is 5.82 Å². The van der Waals surface area contributed by atoms with Crippen molar-refractivity contribution in [2.24, 2.45) is 0 Å². The summed E-state index contributed by atoms with van der Waals surface area (Å²) < 4.78 is 1.68. The Kier molecular flexibility index (Phi) is 7.66. The first-order chi connectivity index (χ1) is 17.6. The van der Waals surface area contributed by atoms with Gasteiger partial charge in [-0.05, 0) is 54.3 Å². The van der Waals surface area contributed by atoms with Gasteiger partial charge in [-0.2, -0.15) is 5.10 Å². The lowest BCUT2D eigenvalue weighted by Gasteiger charge is -2.39. The van der Waals surface area contributed by atoms with Crippen molar-refractivity contribution in [3.05, 3.63) is 112 Å². The smallest absolute Gasteiger partial charge is 0.255 e. The summed E-state index contributed by atoms with van der Waals surface area (Å²) in [5, 5.41) is 5.32. The Bertz CT molecular complexity index is 1290. The lowest BCUT2D eigenvalue weighted by Crippen LogP contribution is -2.46. The molecular formula is C28H27Cl2N5O. The third kappa shape index (κ3) is 5.78. The molecule has 8 heteroatoms. The van der Waals surface area contributed by atoms with Crippen molar-refractivity contribution in [2.75, 3.05) is 13.1 Å². The zero-order chi connectivity index (χ0) is 24.9. The Balaban J connectivity index is 1.25. The second-order valence-electron chi connectivity index (χ2n) is 9.02. The average molecular weight is 520 g/mol.